The van der Waals surface area contributed by atoms with Crippen molar-refractivity contribution >= 4 is 17.4 Å². The number of aromatic amines is 1. The van der Waals surface area contributed by atoms with Gasteiger partial charge in [0.2, 0.25) is 5.95 Å². The van der Waals surface area contributed by atoms with Crippen molar-refractivity contribution < 1.29 is 0 Å². The third-order valence-electron chi connectivity index (χ3n) is 4.56. The van der Waals surface area contributed by atoms with Gasteiger partial charge in [-0.15, -0.1) is 0 Å². The number of aromatic nitrogens is 5. The molecule has 2 N–H and O–H groups in total. The van der Waals surface area contributed by atoms with Crippen molar-refractivity contribution in [3.63, 3.8) is 0 Å². The van der Waals surface area contributed by atoms with Crippen LogP contribution in [0.15, 0.2) is 48.8 Å². The Morgan fingerprint density at radius 2 is 2.12 bits per heavy atom. The molecule has 3 heterocycles. The summed E-state index contributed by atoms with van der Waals surface area (Å²) < 4.78 is 1.94. The molecule has 1 fully saturated rings. The van der Waals surface area contributed by atoms with Crippen LogP contribution in [0.5, 0.6) is 0 Å². The number of benzene rings is 1. The molecule has 0 bridgehead atoms. The Morgan fingerprint density at radius 1 is 1.20 bits per heavy atom. The molecular weight excluding hydrogens is 312 g/mol. The Morgan fingerprint density at radius 3 is 2.96 bits per heavy atom. The van der Waals surface area contributed by atoms with Crippen LogP contribution in [-0.2, 0) is 0 Å². The van der Waals surface area contributed by atoms with Gasteiger partial charge in [-0.25, -0.2) is 9.97 Å². The number of imidazole rings is 1. The number of H-pyrrole nitrogens is 1. The first kappa shape index (κ1) is 14.2. The standard InChI is InChI=1S/C19H18N6/c1-12-3-2-4-14(9-12)15-11-18-20-7-8-25(18)19(21-15)22-17-10-16(23-24-17)13-5-6-13/h2-4,7-11,13H,5-6H2,1H3,(H2,21,22,23,24). The number of aryl methyl sites for hydroxylation is 1. The molecule has 1 aliphatic carbocycles. The molecule has 6 heteroatoms. The van der Waals surface area contributed by atoms with Crippen molar-refractivity contribution in [3.8, 4) is 11.3 Å². The zero-order valence-electron chi connectivity index (χ0n) is 13.9. The van der Waals surface area contributed by atoms with Crippen molar-refractivity contribution in [2.24, 2.45) is 0 Å². The fourth-order valence-electron chi connectivity index (χ4n) is 3.08. The van der Waals surface area contributed by atoms with E-state index in [1.807, 2.05) is 22.7 Å². The lowest BCUT2D eigenvalue weighted by atomic mass is 10.1. The molecule has 4 aromatic rings. The van der Waals surface area contributed by atoms with Gasteiger partial charge in [0.15, 0.2) is 5.82 Å². The van der Waals surface area contributed by atoms with Gasteiger partial charge < -0.3 is 5.32 Å². The van der Waals surface area contributed by atoms with Crippen LogP contribution in [0, 0.1) is 6.92 Å². The summed E-state index contributed by atoms with van der Waals surface area (Å²) in [6.45, 7) is 2.08. The van der Waals surface area contributed by atoms with E-state index in [0.29, 0.717) is 11.9 Å². The average molecular weight is 330 g/mol. The van der Waals surface area contributed by atoms with Gasteiger partial charge in [0.25, 0.3) is 0 Å². The van der Waals surface area contributed by atoms with E-state index < -0.39 is 0 Å². The highest BCUT2D eigenvalue weighted by Crippen LogP contribution is 2.39. The van der Waals surface area contributed by atoms with Gasteiger partial charge in [0.1, 0.15) is 5.65 Å². The molecule has 124 valence electrons. The van der Waals surface area contributed by atoms with Crippen LogP contribution in [0.4, 0.5) is 11.8 Å². The SMILES string of the molecule is Cc1cccc(-c2cc3nccn3c(Nc3cc(C4CC4)[nH]n3)n2)c1. The first-order valence-corrected chi connectivity index (χ1v) is 8.50. The second kappa shape index (κ2) is 5.44. The van der Waals surface area contributed by atoms with Crippen LogP contribution in [0.25, 0.3) is 16.9 Å². The Labute approximate surface area is 145 Å². The third kappa shape index (κ3) is 2.65. The van der Waals surface area contributed by atoms with Crippen LogP contribution in [0.1, 0.15) is 30.0 Å². The van der Waals surface area contributed by atoms with E-state index in [-0.39, 0.29) is 0 Å². The molecular formula is C19H18N6. The number of hydrogen-bond acceptors (Lipinski definition) is 4. The van der Waals surface area contributed by atoms with E-state index in [4.69, 9.17) is 4.98 Å². The van der Waals surface area contributed by atoms with Crippen LogP contribution in [0.3, 0.4) is 0 Å². The Kier molecular flexibility index (Phi) is 3.09. The number of rotatable bonds is 4. The van der Waals surface area contributed by atoms with Crippen LogP contribution < -0.4 is 5.32 Å². The minimum Gasteiger partial charge on any atom is -0.308 e. The molecule has 0 unspecified atom stereocenters. The molecule has 1 aliphatic rings. The summed E-state index contributed by atoms with van der Waals surface area (Å²) in [5.41, 5.74) is 5.22. The number of hydrogen-bond donors (Lipinski definition) is 2. The fourth-order valence-corrected chi connectivity index (χ4v) is 3.08. The molecule has 0 saturated heterocycles. The van der Waals surface area contributed by atoms with E-state index in [0.717, 1.165) is 22.7 Å². The van der Waals surface area contributed by atoms with Crippen molar-refractivity contribution in [1.82, 2.24) is 24.6 Å². The lowest BCUT2D eigenvalue weighted by Gasteiger charge is -2.09. The monoisotopic (exact) mass is 330 g/mol. The highest BCUT2D eigenvalue weighted by molar-refractivity contribution is 5.67. The highest BCUT2D eigenvalue weighted by atomic mass is 15.3. The Bertz CT molecular complexity index is 1060. The molecule has 3 aromatic heterocycles. The first-order valence-electron chi connectivity index (χ1n) is 8.50. The number of nitrogens with one attached hydrogen (secondary N) is 2. The van der Waals surface area contributed by atoms with Crippen molar-refractivity contribution in [2.45, 2.75) is 25.7 Å². The number of anilines is 2. The summed E-state index contributed by atoms with van der Waals surface area (Å²) in [5.74, 6) is 2.13. The van der Waals surface area contributed by atoms with E-state index in [9.17, 15) is 0 Å². The molecule has 1 aromatic carbocycles. The molecule has 0 spiro atoms. The van der Waals surface area contributed by atoms with Crippen LogP contribution in [0.2, 0.25) is 0 Å². The van der Waals surface area contributed by atoms with Gasteiger partial charge in [-0.1, -0.05) is 23.8 Å². The van der Waals surface area contributed by atoms with E-state index in [2.05, 4.69) is 51.7 Å². The van der Waals surface area contributed by atoms with Gasteiger partial charge in [0.05, 0.1) is 5.69 Å². The molecule has 6 nitrogen and oxygen atoms in total. The second-order valence-corrected chi connectivity index (χ2v) is 6.60. The fraction of sp³-hybridized carbons (Fsp3) is 0.211. The highest BCUT2D eigenvalue weighted by Gasteiger charge is 2.25. The van der Waals surface area contributed by atoms with Gasteiger partial charge in [-0.3, -0.25) is 9.50 Å². The Hall–Kier alpha value is -3.15. The van der Waals surface area contributed by atoms with Gasteiger partial charge >= 0.3 is 0 Å². The predicted molar refractivity (Wildman–Crippen MR) is 97.0 cm³/mol. The lowest BCUT2D eigenvalue weighted by Crippen LogP contribution is -2.02. The zero-order valence-corrected chi connectivity index (χ0v) is 13.9. The number of nitrogens with zero attached hydrogens (tertiary/aromatic N) is 4. The lowest BCUT2D eigenvalue weighted by molar-refractivity contribution is 0.964. The normalized spacial score (nSPS) is 14.1. The van der Waals surface area contributed by atoms with Gasteiger partial charge in [-0.2, -0.15) is 5.10 Å². The predicted octanol–water partition coefficient (Wildman–Crippen LogP) is 4.05. The minimum absolute atomic E-state index is 0.642. The summed E-state index contributed by atoms with van der Waals surface area (Å²) in [4.78, 5) is 9.24. The zero-order chi connectivity index (χ0) is 16.8. The van der Waals surface area contributed by atoms with Gasteiger partial charge in [0, 0.05) is 41.7 Å². The van der Waals surface area contributed by atoms with Crippen LogP contribution in [-0.4, -0.2) is 24.6 Å². The second-order valence-electron chi connectivity index (χ2n) is 6.60. The topological polar surface area (TPSA) is 70.9 Å². The maximum Gasteiger partial charge on any atom is 0.214 e. The van der Waals surface area contributed by atoms with Crippen LogP contribution >= 0.6 is 0 Å². The summed E-state index contributed by atoms with van der Waals surface area (Å²) in [7, 11) is 0. The minimum atomic E-state index is 0.642. The van der Waals surface area contributed by atoms with Crippen molar-refractivity contribution in [2.75, 3.05) is 5.32 Å². The van der Waals surface area contributed by atoms with Crippen molar-refractivity contribution in [3.05, 3.63) is 60.0 Å². The molecule has 25 heavy (non-hydrogen) atoms. The third-order valence-corrected chi connectivity index (χ3v) is 4.56. The van der Waals surface area contributed by atoms with E-state index in [1.165, 1.54) is 24.1 Å². The molecule has 5 rings (SSSR count). The van der Waals surface area contributed by atoms with E-state index in [1.54, 1.807) is 6.20 Å². The summed E-state index contributed by atoms with van der Waals surface area (Å²) in [6.07, 6.45) is 6.17. The molecule has 0 atom stereocenters. The molecule has 0 aliphatic heterocycles. The van der Waals surface area contributed by atoms with Crippen molar-refractivity contribution in [1.29, 1.82) is 0 Å². The van der Waals surface area contributed by atoms with Gasteiger partial charge in [-0.05, 0) is 25.8 Å². The summed E-state index contributed by atoms with van der Waals surface area (Å²) in [5, 5.41) is 10.8. The quantitative estimate of drug-likeness (QED) is 0.592. The summed E-state index contributed by atoms with van der Waals surface area (Å²) >= 11 is 0. The molecule has 0 amide bonds. The average Bonchev–Trinajstić information content (AvgIpc) is 3.16. The maximum absolute atomic E-state index is 4.81. The molecule has 0 radical (unpaired) electrons. The maximum atomic E-state index is 4.81. The largest absolute Gasteiger partial charge is 0.308 e. The first-order chi connectivity index (χ1) is 12.3. The molecule has 1 saturated carbocycles. The van der Waals surface area contributed by atoms with E-state index >= 15 is 0 Å². The summed E-state index contributed by atoms with van der Waals surface area (Å²) in [6, 6.07) is 12.4. The number of fused-ring (bicyclic) bond motifs is 1. The Balaban J connectivity index is 1.57. The smallest absolute Gasteiger partial charge is 0.214 e.